The van der Waals surface area contributed by atoms with E-state index in [1.54, 1.807) is 0 Å². The number of carbonyl (C=O) groups excluding carboxylic acids is 3. The van der Waals surface area contributed by atoms with Crippen LogP contribution < -0.4 is 0 Å². The predicted octanol–water partition coefficient (Wildman–Crippen LogP) is 1.26. The highest BCUT2D eigenvalue weighted by Crippen LogP contribution is 2.36. The molecule has 5 nitrogen and oxygen atoms in total. The monoisotopic (exact) mass is 241 g/mol. The first-order chi connectivity index (χ1) is 8.05. The minimum absolute atomic E-state index is 0.00708. The van der Waals surface area contributed by atoms with Crippen LogP contribution in [0.15, 0.2) is 0 Å². The summed E-state index contributed by atoms with van der Waals surface area (Å²) in [5, 5.41) is 1.31. The molecule has 1 rings (SSSR count). The Morgan fingerprint density at radius 2 is 2.29 bits per heavy atom. The van der Waals surface area contributed by atoms with Crippen molar-refractivity contribution < 1.29 is 19.2 Å². The zero-order valence-electron chi connectivity index (χ0n) is 10.4. The number of rotatable bonds is 6. The van der Waals surface area contributed by atoms with Crippen LogP contribution in [0, 0.1) is 0 Å². The molecule has 0 N–H and O–H groups in total. The van der Waals surface area contributed by atoms with Crippen LogP contribution in [-0.2, 0) is 19.2 Å². The highest BCUT2D eigenvalue weighted by molar-refractivity contribution is 5.81. The predicted molar refractivity (Wildman–Crippen MR) is 61.0 cm³/mol. The maximum atomic E-state index is 11.8. The molecule has 0 aliphatic carbocycles. The number of piperidine rings is 1. The van der Waals surface area contributed by atoms with Crippen LogP contribution in [-0.4, -0.2) is 35.7 Å². The molecule has 1 fully saturated rings. The number of Topliss-reactive ketones (excluding diaryl/α,β-unsaturated/α-hetero) is 1. The van der Waals surface area contributed by atoms with E-state index in [9.17, 15) is 14.4 Å². The molecule has 1 atom stereocenters. The third-order valence-electron chi connectivity index (χ3n) is 3.18. The van der Waals surface area contributed by atoms with E-state index in [2.05, 4.69) is 0 Å². The van der Waals surface area contributed by atoms with Crippen LogP contribution in [0.5, 0.6) is 0 Å². The molecular formula is C12H19NO4. The van der Waals surface area contributed by atoms with Gasteiger partial charge in [-0.05, 0) is 26.2 Å². The Labute approximate surface area is 101 Å². The summed E-state index contributed by atoms with van der Waals surface area (Å²) in [6.07, 6.45) is 3.77. The molecule has 5 heteroatoms. The smallest absolute Gasteiger partial charge is 0.246 e. The molecule has 1 amide bonds. The Morgan fingerprint density at radius 1 is 1.59 bits per heavy atom. The van der Waals surface area contributed by atoms with E-state index in [4.69, 9.17) is 4.84 Å². The van der Waals surface area contributed by atoms with Gasteiger partial charge in [0, 0.05) is 19.3 Å². The van der Waals surface area contributed by atoms with E-state index in [1.807, 2.05) is 0 Å². The van der Waals surface area contributed by atoms with Crippen LogP contribution in [0.25, 0.3) is 0 Å². The van der Waals surface area contributed by atoms with Crippen molar-refractivity contribution in [3.05, 3.63) is 0 Å². The molecule has 1 saturated heterocycles. The Balaban J connectivity index is 2.94. The van der Waals surface area contributed by atoms with Crippen molar-refractivity contribution >= 4 is 18.0 Å². The second kappa shape index (κ2) is 5.91. The van der Waals surface area contributed by atoms with Gasteiger partial charge in [-0.1, -0.05) is 0 Å². The van der Waals surface area contributed by atoms with E-state index >= 15 is 0 Å². The Morgan fingerprint density at radius 3 is 2.82 bits per heavy atom. The number of hydrogen-bond donors (Lipinski definition) is 0. The number of amides is 1. The van der Waals surface area contributed by atoms with E-state index in [0.717, 1.165) is 12.7 Å². The van der Waals surface area contributed by atoms with Gasteiger partial charge in [0.2, 0.25) is 5.91 Å². The van der Waals surface area contributed by atoms with Gasteiger partial charge in [0.25, 0.3) is 0 Å². The van der Waals surface area contributed by atoms with E-state index in [1.165, 1.54) is 19.1 Å². The van der Waals surface area contributed by atoms with Crippen LogP contribution >= 0.6 is 0 Å². The van der Waals surface area contributed by atoms with Gasteiger partial charge in [-0.3, -0.25) is 14.4 Å². The molecular weight excluding hydrogens is 222 g/mol. The topological polar surface area (TPSA) is 63.7 Å². The Kier molecular flexibility index (Phi) is 4.81. The first-order valence-electron chi connectivity index (χ1n) is 5.86. The maximum absolute atomic E-state index is 11.8. The van der Waals surface area contributed by atoms with Gasteiger partial charge in [-0.15, -0.1) is 0 Å². The van der Waals surface area contributed by atoms with Gasteiger partial charge >= 0.3 is 0 Å². The number of aldehydes is 1. The summed E-state index contributed by atoms with van der Waals surface area (Å²) < 4.78 is 0. The molecule has 96 valence electrons. The van der Waals surface area contributed by atoms with Crippen LogP contribution in [0.2, 0.25) is 0 Å². The number of nitrogens with zero attached hydrogens (tertiary/aromatic N) is 1. The lowest BCUT2D eigenvalue weighted by Crippen LogP contribution is -2.54. The first-order valence-corrected chi connectivity index (χ1v) is 5.86. The number of carbonyl (C=O) groups is 3. The van der Waals surface area contributed by atoms with E-state index < -0.39 is 5.54 Å². The van der Waals surface area contributed by atoms with Gasteiger partial charge in [0.1, 0.15) is 12.1 Å². The van der Waals surface area contributed by atoms with Gasteiger partial charge < -0.3 is 4.79 Å². The van der Waals surface area contributed by atoms with Crippen molar-refractivity contribution in [1.82, 2.24) is 5.06 Å². The fourth-order valence-electron chi connectivity index (χ4n) is 2.60. The summed E-state index contributed by atoms with van der Waals surface area (Å²) in [5.74, 6) is -0.0986. The summed E-state index contributed by atoms with van der Waals surface area (Å²) in [6, 6.07) is 0. The standard InChI is InChI=1S/C12H19NO4/c1-10(15)9-12(7-4-8-14)6-3-5-11(16)13(12)17-2/h8H,3-7,9H2,1-2H3. The lowest BCUT2D eigenvalue weighted by molar-refractivity contribution is -0.221. The average molecular weight is 241 g/mol. The number of ketones is 1. The molecule has 0 aromatic rings. The van der Waals surface area contributed by atoms with Gasteiger partial charge in [0.05, 0.1) is 12.6 Å². The normalized spacial score (nSPS) is 24.8. The van der Waals surface area contributed by atoms with Gasteiger partial charge in [0.15, 0.2) is 0 Å². The van der Waals surface area contributed by atoms with E-state index in [-0.39, 0.29) is 18.1 Å². The summed E-state index contributed by atoms with van der Waals surface area (Å²) in [7, 11) is 1.43. The first kappa shape index (κ1) is 13.8. The highest BCUT2D eigenvalue weighted by atomic mass is 16.7. The highest BCUT2D eigenvalue weighted by Gasteiger charge is 2.43. The number of hydroxylamine groups is 2. The molecule has 0 saturated carbocycles. The second-order valence-electron chi connectivity index (χ2n) is 4.53. The zero-order chi connectivity index (χ0) is 12.9. The number of hydrogen-bond acceptors (Lipinski definition) is 4. The minimum Gasteiger partial charge on any atom is -0.303 e. The summed E-state index contributed by atoms with van der Waals surface area (Å²) in [5.41, 5.74) is -0.628. The van der Waals surface area contributed by atoms with Crippen LogP contribution in [0.4, 0.5) is 0 Å². The molecule has 1 unspecified atom stereocenters. The largest absolute Gasteiger partial charge is 0.303 e. The second-order valence-corrected chi connectivity index (χ2v) is 4.53. The SMILES string of the molecule is CON1C(=O)CCCC1(CCC=O)CC(C)=O. The fourth-order valence-corrected chi connectivity index (χ4v) is 2.60. The van der Waals surface area contributed by atoms with Crippen molar-refractivity contribution in [3.63, 3.8) is 0 Å². The lowest BCUT2D eigenvalue weighted by atomic mass is 9.80. The molecule has 0 bridgehead atoms. The maximum Gasteiger partial charge on any atom is 0.246 e. The van der Waals surface area contributed by atoms with Crippen LogP contribution in [0.1, 0.15) is 45.4 Å². The lowest BCUT2D eigenvalue weighted by Gasteiger charge is -2.44. The van der Waals surface area contributed by atoms with Crippen molar-refractivity contribution in [2.45, 2.75) is 51.0 Å². The third-order valence-corrected chi connectivity index (χ3v) is 3.18. The molecule has 0 aromatic heterocycles. The quantitative estimate of drug-likeness (QED) is 0.657. The average Bonchev–Trinajstić information content (AvgIpc) is 2.26. The molecule has 1 aliphatic heterocycles. The molecule has 1 aliphatic rings. The Bertz CT molecular complexity index is 316. The zero-order valence-corrected chi connectivity index (χ0v) is 10.4. The van der Waals surface area contributed by atoms with E-state index in [0.29, 0.717) is 25.7 Å². The van der Waals surface area contributed by atoms with Gasteiger partial charge in [-0.2, -0.15) is 0 Å². The molecule has 0 spiro atoms. The molecule has 0 radical (unpaired) electrons. The third kappa shape index (κ3) is 3.12. The summed E-state index contributed by atoms with van der Waals surface area (Å²) >= 11 is 0. The Hall–Kier alpha value is -1.23. The fraction of sp³-hybridized carbons (Fsp3) is 0.750. The minimum atomic E-state index is -0.628. The van der Waals surface area contributed by atoms with Crippen molar-refractivity contribution in [3.8, 4) is 0 Å². The summed E-state index contributed by atoms with van der Waals surface area (Å²) in [4.78, 5) is 38.8. The van der Waals surface area contributed by atoms with Crippen LogP contribution in [0.3, 0.4) is 0 Å². The molecule has 1 heterocycles. The van der Waals surface area contributed by atoms with Gasteiger partial charge in [-0.25, -0.2) is 5.06 Å². The molecule has 17 heavy (non-hydrogen) atoms. The van der Waals surface area contributed by atoms with Crippen molar-refractivity contribution in [2.75, 3.05) is 7.11 Å². The molecule has 0 aromatic carbocycles. The van der Waals surface area contributed by atoms with Crippen molar-refractivity contribution in [2.24, 2.45) is 0 Å². The summed E-state index contributed by atoms with van der Waals surface area (Å²) in [6.45, 7) is 1.50. The van der Waals surface area contributed by atoms with Crippen molar-refractivity contribution in [1.29, 1.82) is 0 Å².